The summed E-state index contributed by atoms with van der Waals surface area (Å²) in [6.07, 6.45) is 0.0979. The van der Waals surface area contributed by atoms with Crippen LogP contribution in [-0.2, 0) is 29.1 Å². The van der Waals surface area contributed by atoms with Gasteiger partial charge in [0, 0.05) is 13.7 Å². The summed E-state index contributed by atoms with van der Waals surface area (Å²) in [6, 6.07) is 0. The number of ether oxygens (including phenoxy) is 1. The highest BCUT2D eigenvalue weighted by Gasteiger charge is 2.14. The molecule has 0 atom stereocenters. The van der Waals surface area contributed by atoms with E-state index in [1.807, 2.05) is 19.0 Å². The first-order chi connectivity index (χ1) is 8.04. The smallest absolute Gasteiger partial charge is 0.223 e. The SMILES string of the molecule is COCc1c(CC(N)=O)nnn1CCN(C)C. The van der Waals surface area contributed by atoms with Crippen molar-refractivity contribution in [1.29, 1.82) is 0 Å². The van der Waals surface area contributed by atoms with Crippen molar-refractivity contribution in [3.8, 4) is 0 Å². The van der Waals surface area contributed by atoms with Crippen molar-refractivity contribution in [1.82, 2.24) is 19.9 Å². The number of hydrogen-bond acceptors (Lipinski definition) is 5. The first kappa shape index (κ1) is 13.6. The van der Waals surface area contributed by atoms with E-state index in [9.17, 15) is 4.79 Å². The number of nitrogens with two attached hydrogens (primary N) is 1. The molecule has 0 bridgehead atoms. The molecule has 1 aromatic rings. The van der Waals surface area contributed by atoms with Crippen LogP contribution in [0.3, 0.4) is 0 Å². The predicted octanol–water partition coefficient (Wildman–Crippen LogP) is -0.986. The average molecular weight is 241 g/mol. The maximum absolute atomic E-state index is 10.9. The molecule has 17 heavy (non-hydrogen) atoms. The van der Waals surface area contributed by atoms with Crippen molar-refractivity contribution >= 4 is 5.91 Å². The highest BCUT2D eigenvalue weighted by Crippen LogP contribution is 2.07. The van der Waals surface area contributed by atoms with Gasteiger partial charge >= 0.3 is 0 Å². The van der Waals surface area contributed by atoms with Crippen LogP contribution in [0.15, 0.2) is 0 Å². The van der Waals surface area contributed by atoms with Crippen molar-refractivity contribution in [3.05, 3.63) is 11.4 Å². The number of rotatable bonds is 7. The first-order valence-corrected chi connectivity index (χ1v) is 5.37. The van der Waals surface area contributed by atoms with Crippen LogP contribution in [0.2, 0.25) is 0 Å². The molecule has 2 N–H and O–H groups in total. The zero-order chi connectivity index (χ0) is 12.8. The Morgan fingerprint density at radius 1 is 1.53 bits per heavy atom. The molecule has 0 saturated carbocycles. The van der Waals surface area contributed by atoms with Crippen LogP contribution in [0.25, 0.3) is 0 Å². The molecule has 1 aromatic heterocycles. The number of carbonyl (C=O) groups excluding carboxylic acids is 1. The molecular weight excluding hydrogens is 222 g/mol. The Bertz CT molecular complexity index is 375. The Hall–Kier alpha value is -1.47. The Kier molecular flexibility index (Phi) is 5.05. The van der Waals surface area contributed by atoms with Gasteiger partial charge < -0.3 is 15.4 Å². The molecule has 0 aliphatic carbocycles. The van der Waals surface area contributed by atoms with E-state index in [1.54, 1.807) is 11.8 Å². The number of aromatic nitrogens is 3. The molecule has 0 unspecified atom stereocenters. The summed E-state index contributed by atoms with van der Waals surface area (Å²) in [6.45, 7) is 1.93. The van der Waals surface area contributed by atoms with E-state index in [4.69, 9.17) is 10.5 Å². The Balaban J connectivity index is 2.81. The van der Waals surface area contributed by atoms with E-state index >= 15 is 0 Å². The highest BCUT2D eigenvalue weighted by molar-refractivity contribution is 5.76. The molecule has 0 aliphatic heterocycles. The van der Waals surface area contributed by atoms with E-state index < -0.39 is 5.91 Å². The van der Waals surface area contributed by atoms with E-state index in [0.717, 1.165) is 12.2 Å². The van der Waals surface area contributed by atoms with Gasteiger partial charge in [-0.2, -0.15) is 0 Å². The summed E-state index contributed by atoms with van der Waals surface area (Å²) in [5.41, 5.74) is 6.56. The summed E-state index contributed by atoms with van der Waals surface area (Å²) >= 11 is 0. The topological polar surface area (TPSA) is 86.3 Å². The van der Waals surface area contributed by atoms with Gasteiger partial charge in [-0.05, 0) is 14.1 Å². The van der Waals surface area contributed by atoms with Gasteiger partial charge in [-0.25, -0.2) is 4.68 Å². The number of likely N-dealkylation sites (N-methyl/N-ethyl adjacent to an activating group) is 1. The lowest BCUT2D eigenvalue weighted by Crippen LogP contribution is -2.21. The minimum absolute atomic E-state index is 0.0979. The first-order valence-electron chi connectivity index (χ1n) is 5.37. The quantitative estimate of drug-likeness (QED) is 0.662. The third kappa shape index (κ3) is 4.12. The molecule has 0 aliphatic rings. The second kappa shape index (κ2) is 6.31. The van der Waals surface area contributed by atoms with Crippen molar-refractivity contribution in [3.63, 3.8) is 0 Å². The summed E-state index contributed by atoms with van der Waals surface area (Å²) in [4.78, 5) is 12.9. The third-order valence-electron chi connectivity index (χ3n) is 2.30. The molecule has 1 rings (SSSR count). The van der Waals surface area contributed by atoms with Crippen LogP contribution in [0.4, 0.5) is 0 Å². The number of nitrogens with zero attached hydrogens (tertiary/aromatic N) is 4. The van der Waals surface area contributed by atoms with Crippen molar-refractivity contribution in [2.24, 2.45) is 5.73 Å². The lowest BCUT2D eigenvalue weighted by molar-refractivity contribution is -0.117. The summed E-state index contributed by atoms with van der Waals surface area (Å²) in [7, 11) is 5.56. The second-order valence-corrected chi connectivity index (χ2v) is 4.09. The minimum Gasteiger partial charge on any atom is -0.378 e. The fourth-order valence-corrected chi connectivity index (χ4v) is 1.44. The maximum atomic E-state index is 10.9. The zero-order valence-electron chi connectivity index (χ0n) is 10.5. The van der Waals surface area contributed by atoms with Gasteiger partial charge in [0.05, 0.1) is 31.0 Å². The minimum atomic E-state index is -0.415. The van der Waals surface area contributed by atoms with E-state index in [0.29, 0.717) is 18.8 Å². The summed E-state index contributed by atoms with van der Waals surface area (Å²) in [5.74, 6) is -0.415. The van der Waals surface area contributed by atoms with Crippen LogP contribution in [0.5, 0.6) is 0 Å². The van der Waals surface area contributed by atoms with Crippen molar-refractivity contribution in [2.45, 2.75) is 19.6 Å². The van der Waals surface area contributed by atoms with Gasteiger partial charge in [0.2, 0.25) is 5.91 Å². The lowest BCUT2D eigenvalue weighted by atomic mass is 10.2. The molecule has 0 fully saturated rings. The van der Waals surface area contributed by atoms with Crippen LogP contribution >= 0.6 is 0 Å². The summed E-state index contributed by atoms with van der Waals surface area (Å²) in [5, 5.41) is 7.98. The fourth-order valence-electron chi connectivity index (χ4n) is 1.44. The predicted molar refractivity (Wildman–Crippen MR) is 62.2 cm³/mol. The molecule has 7 heteroatoms. The lowest BCUT2D eigenvalue weighted by Gasteiger charge is -2.11. The van der Waals surface area contributed by atoms with Crippen molar-refractivity contribution in [2.75, 3.05) is 27.7 Å². The molecular formula is C10H19N5O2. The maximum Gasteiger partial charge on any atom is 0.223 e. The van der Waals surface area contributed by atoms with E-state index in [-0.39, 0.29) is 6.42 Å². The number of amides is 1. The molecule has 0 aromatic carbocycles. The molecule has 0 saturated heterocycles. The van der Waals surface area contributed by atoms with Gasteiger partial charge in [0.1, 0.15) is 0 Å². The second-order valence-electron chi connectivity index (χ2n) is 4.09. The molecule has 1 amide bonds. The van der Waals surface area contributed by atoms with Crippen LogP contribution in [-0.4, -0.2) is 53.6 Å². The Morgan fingerprint density at radius 2 is 2.24 bits per heavy atom. The van der Waals surface area contributed by atoms with Gasteiger partial charge in [0.15, 0.2) is 0 Å². The standard InChI is InChI=1S/C10H19N5O2/c1-14(2)4-5-15-9(7-17-3)8(12-13-15)6-10(11)16/h4-7H2,1-3H3,(H2,11,16). The molecule has 96 valence electrons. The third-order valence-corrected chi connectivity index (χ3v) is 2.30. The fraction of sp³-hybridized carbons (Fsp3) is 0.700. The van der Waals surface area contributed by atoms with Gasteiger partial charge in [0.25, 0.3) is 0 Å². The van der Waals surface area contributed by atoms with E-state index in [1.165, 1.54) is 0 Å². The highest BCUT2D eigenvalue weighted by atomic mass is 16.5. The number of hydrogen-bond donors (Lipinski definition) is 1. The van der Waals surface area contributed by atoms with Crippen molar-refractivity contribution < 1.29 is 9.53 Å². The Labute approximate surface area is 101 Å². The molecule has 1 heterocycles. The Morgan fingerprint density at radius 3 is 2.76 bits per heavy atom. The molecule has 0 spiro atoms. The van der Waals surface area contributed by atoms with Gasteiger partial charge in [-0.1, -0.05) is 5.21 Å². The average Bonchev–Trinajstić information content (AvgIpc) is 2.58. The zero-order valence-corrected chi connectivity index (χ0v) is 10.5. The monoisotopic (exact) mass is 241 g/mol. The normalized spacial score (nSPS) is 11.1. The van der Waals surface area contributed by atoms with Crippen LogP contribution in [0.1, 0.15) is 11.4 Å². The van der Waals surface area contributed by atoms with E-state index in [2.05, 4.69) is 10.3 Å². The van der Waals surface area contributed by atoms with Gasteiger partial charge in [-0.3, -0.25) is 4.79 Å². The number of primary amides is 1. The van der Waals surface area contributed by atoms with Crippen LogP contribution < -0.4 is 5.73 Å². The van der Waals surface area contributed by atoms with Crippen LogP contribution in [0, 0.1) is 0 Å². The van der Waals surface area contributed by atoms with Gasteiger partial charge in [-0.15, -0.1) is 5.10 Å². The number of carbonyl (C=O) groups is 1. The number of methoxy groups -OCH3 is 1. The summed E-state index contributed by atoms with van der Waals surface area (Å²) < 4.78 is 6.84. The molecule has 7 nitrogen and oxygen atoms in total. The largest absolute Gasteiger partial charge is 0.378 e. The molecule has 0 radical (unpaired) electrons.